The van der Waals surface area contributed by atoms with Gasteiger partial charge in [0, 0.05) is 29.8 Å². The second kappa shape index (κ2) is 7.22. The van der Waals surface area contributed by atoms with Crippen molar-refractivity contribution >= 4 is 34.2 Å². The van der Waals surface area contributed by atoms with Crippen molar-refractivity contribution in [3.63, 3.8) is 0 Å². The SMILES string of the molecule is CC1CCN(C(=O)c2ncccc2Br)C(CN)C1.Cl. The van der Waals surface area contributed by atoms with Crippen LogP contribution < -0.4 is 5.73 Å². The summed E-state index contributed by atoms with van der Waals surface area (Å²) in [5.74, 6) is 0.611. The molecule has 4 nitrogen and oxygen atoms in total. The highest BCUT2D eigenvalue weighted by Gasteiger charge is 2.30. The molecule has 0 bridgehead atoms. The van der Waals surface area contributed by atoms with Crippen molar-refractivity contribution in [1.29, 1.82) is 0 Å². The maximum absolute atomic E-state index is 12.5. The van der Waals surface area contributed by atoms with Gasteiger partial charge >= 0.3 is 0 Å². The maximum Gasteiger partial charge on any atom is 0.273 e. The quantitative estimate of drug-likeness (QED) is 0.893. The zero-order valence-electron chi connectivity index (χ0n) is 10.9. The van der Waals surface area contributed by atoms with Crippen molar-refractivity contribution in [1.82, 2.24) is 9.88 Å². The van der Waals surface area contributed by atoms with E-state index < -0.39 is 0 Å². The topological polar surface area (TPSA) is 59.2 Å². The van der Waals surface area contributed by atoms with E-state index in [4.69, 9.17) is 5.73 Å². The molecule has 2 N–H and O–H groups in total. The van der Waals surface area contributed by atoms with Gasteiger partial charge in [0.2, 0.25) is 0 Å². The third-order valence-corrected chi connectivity index (χ3v) is 4.11. The van der Waals surface area contributed by atoms with Crippen LogP contribution >= 0.6 is 28.3 Å². The summed E-state index contributed by atoms with van der Waals surface area (Å²) >= 11 is 3.38. The number of carbonyl (C=O) groups is 1. The van der Waals surface area contributed by atoms with Crippen molar-refractivity contribution in [2.45, 2.75) is 25.8 Å². The molecule has 1 aliphatic heterocycles. The van der Waals surface area contributed by atoms with Crippen LogP contribution in [0.1, 0.15) is 30.3 Å². The van der Waals surface area contributed by atoms with Crippen molar-refractivity contribution in [3.05, 3.63) is 28.5 Å². The van der Waals surface area contributed by atoms with Crippen LogP contribution in [0.25, 0.3) is 0 Å². The van der Waals surface area contributed by atoms with Crippen LogP contribution in [-0.2, 0) is 0 Å². The summed E-state index contributed by atoms with van der Waals surface area (Å²) in [5, 5.41) is 0. The third-order valence-electron chi connectivity index (χ3n) is 3.47. The van der Waals surface area contributed by atoms with Crippen LogP contribution in [0, 0.1) is 5.92 Å². The molecule has 1 amide bonds. The van der Waals surface area contributed by atoms with Crippen molar-refractivity contribution in [2.24, 2.45) is 11.7 Å². The predicted molar refractivity (Wildman–Crippen MR) is 81.5 cm³/mol. The summed E-state index contributed by atoms with van der Waals surface area (Å²) in [6.07, 6.45) is 3.65. The fraction of sp³-hybridized carbons (Fsp3) is 0.538. The Bertz CT molecular complexity index is 444. The molecule has 1 aromatic heterocycles. The predicted octanol–water partition coefficient (Wildman–Crippen LogP) is 2.47. The van der Waals surface area contributed by atoms with E-state index in [1.54, 1.807) is 12.3 Å². The molecule has 19 heavy (non-hydrogen) atoms. The molecule has 1 aliphatic rings. The van der Waals surface area contributed by atoms with Crippen LogP contribution in [0.5, 0.6) is 0 Å². The molecule has 1 aromatic rings. The fourth-order valence-corrected chi connectivity index (χ4v) is 2.85. The summed E-state index contributed by atoms with van der Waals surface area (Å²) in [6.45, 7) is 3.49. The lowest BCUT2D eigenvalue weighted by molar-refractivity contribution is 0.0566. The zero-order chi connectivity index (χ0) is 13.1. The lowest BCUT2D eigenvalue weighted by Crippen LogP contribution is -2.49. The average molecular weight is 349 g/mol. The van der Waals surface area contributed by atoms with Gasteiger partial charge in [0.05, 0.1) is 0 Å². The first-order valence-corrected chi connectivity index (χ1v) is 7.04. The molecule has 0 spiro atoms. The number of nitrogens with zero attached hydrogens (tertiary/aromatic N) is 2. The molecule has 106 valence electrons. The van der Waals surface area contributed by atoms with E-state index in [1.807, 2.05) is 11.0 Å². The van der Waals surface area contributed by atoms with Crippen molar-refractivity contribution in [2.75, 3.05) is 13.1 Å². The first kappa shape index (κ1) is 16.4. The van der Waals surface area contributed by atoms with Crippen molar-refractivity contribution in [3.8, 4) is 0 Å². The molecule has 0 aliphatic carbocycles. The van der Waals surface area contributed by atoms with Gasteiger partial charge in [0.15, 0.2) is 0 Å². The first-order valence-electron chi connectivity index (χ1n) is 6.25. The van der Waals surface area contributed by atoms with Gasteiger partial charge < -0.3 is 10.6 Å². The monoisotopic (exact) mass is 347 g/mol. The van der Waals surface area contributed by atoms with Crippen LogP contribution in [0.3, 0.4) is 0 Å². The highest BCUT2D eigenvalue weighted by molar-refractivity contribution is 9.10. The number of rotatable bonds is 2. The molecule has 0 aromatic carbocycles. The van der Waals surface area contributed by atoms with Crippen molar-refractivity contribution < 1.29 is 4.79 Å². The number of likely N-dealkylation sites (tertiary alicyclic amines) is 1. The van der Waals surface area contributed by atoms with Gasteiger partial charge in [0.25, 0.3) is 5.91 Å². The Morgan fingerprint density at radius 3 is 3.00 bits per heavy atom. The number of piperidine rings is 1. The summed E-state index contributed by atoms with van der Waals surface area (Å²) in [5.41, 5.74) is 6.26. The largest absolute Gasteiger partial charge is 0.333 e. The lowest BCUT2D eigenvalue weighted by Gasteiger charge is -2.37. The Balaban J connectivity index is 0.00000180. The van der Waals surface area contributed by atoms with E-state index >= 15 is 0 Å². The number of hydrogen-bond acceptors (Lipinski definition) is 3. The molecule has 2 unspecified atom stereocenters. The molecule has 0 radical (unpaired) electrons. The Morgan fingerprint density at radius 2 is 2.37 bits per heavy atom. The van der Waals surface area contributed by atoms with Gasteiger partial charge in [-0.1, -0.05) is 6.92 Å². The number of halogens is 2. The minimum Gasteiger partial charge on any atom is -0.333 e. The molecule has 2 atom stereocenters. The van der Waals surface area contributed by atoms with E-state index in [1.165, 1.54) is 0 Å². The molecule has 1 saturated heterocycles. The molecular weight excluding hydrogens is 330 g/mol. The standard InChI is InChI=1S/C13H18BrN3O.ClH/c1-9-4-6-17(10(7-9)8-15)13(18)12-11(14)3-2-5-16-12;/h2-3,5,9-10H,4,6-8,15H2,1H3;1H. The summed E-state index contributed by atoms with van der Waals surface area (Å²) in [7, 11) is 0. The summed E-state index contributed by atoms with van der Waals surface area (Å²) in [6, 6.07) is 3.78. The van der Waals surface area contributed by atoms with Crippen LogP contribution in [0.2, 0.25) is 0 Å². The number of amides is 1. The Kier molecular flexibility index (Phi) is 6.23. The Morgan fingerprint density at radius 1 is 1.63 bits per heavy atom. The van der Waals surface area contributed by atoms with Crippen LogP contribution in [0.15, 0.2) is 22.8 Å². The maximum atomic E-state index is 12.5. The van der Waals surface area contributed by atoms with Gasteiger partial charge in [-0.15, -0.1) is 12.4 Å². The minimum atomic E-state index is -0.0233. The first-order chi connectivity index (χ1) is 8.63. The van der Waals surface area contributed by atoms with E-state index in [0.29, 0.717) is 18.2 Å². The highest BCUT2D eigenvalue weighted by Crippen LogP contribution is 2.25. The zero-order valence-corrected chi connectivity index (χ0v) is 13.3. The third kappa shape index (κ3) is 3.68. The molecule has 0 saturated carbocycles. The summed E-state index contributed by atoms with van der Waals surface area (Å²) < 4.78 is 0.740. The number of hydrogen-bond donors (Lipinski definition) is 1. The molecular formula is C13H19BrClN3O. The average Bonchev–Trinajstić information content (AvgIpc) is 2.38. The number of nitrogens with two attached hydrogens (primary N) is 1. The summed E-state index contributed by atoms with van der Waals surface area (Å²) in [4.78, 5) is 18.5. The number of aromatic nitrogens is 1. The number of carbonyl (C=O) groups excluding carboxylic acids is 1. The van der Waals surface area contributed by atoms with E-state index in [9.17, 15) is 4.79 Å². The van der Waals surface area contributed by atoms with Crippen LogP contribution in [0.4, 0.5) is 0 Å². The van der Waals surface area contributed by atoms with Crippen LogP contribution in [-0.4, -0.2) is 34.9 Å². The van der Waals surface area contributed by atoms with Gasteiger partial charge in [-0.05, 0) is 46.8 Å². The minimum absolute atomic E-state index is 0. The molecule has 1 fully saturated rings. The molecule has 2 heterocycles. The fourth-order valence-electron chi connectivity index (χ4n) is 2.42. The highest BCUT2D eigenvalue weighted by atomic mass is 79.9. The molecule has 6 heteroatoms. The smallest absolute Gasteiger partial charge is 0.273 e. The lowest BCUT2D eigenvalue weighted by atomic mass is 9.92. The van der Waals surface area contributed by atoms with E-state index in [2.05, 4.69) is 27.8 Å². The Labute approximate surface area is 128 Å². The van der Waals surface area contributed by atoms with Gasteiger partial charge in [-0.25, -0.2) is 4.98 Å². The second-order valence-corrected chi connectivity index (χ2v) is 5.71. The van der Waals surface area contributed by atoms with E-state index in [0.717, 1.165) is 23.9 Å². The molecule has 2 rings (SSSR count). The van der Waals surface area contributed by atoms with Gasteiger partial charge in [-0.3, -0.25) is 4.79 Å². The van der Waals surface area contributed by atoms with Gasteiger partial charge in [-0.2, -0.15) is 0 Å². The van der Waals surface area contributed by atoms with Gasteiger partial charge in [0.1, 0.15) is 5.69 Å². The second-order valence-electron chi connectivity index (χ2n) is 4.85. The Hall–Kier alpha value is -0.650. The number of pyridine rings is 1. The van der Waals surface area contributed by atoms with E-state index in [-0.39, 0.29) is 24.4 Å². The normalized spacial score (nSPS) is 22.8.